The zero-order chi connectivity index (χ0) is 11.3. The molecule has 0 aromatic heterocycles. The summed E-state index contributed by atoms with van der Waals surface area (Å²) in [4.78, 5) is 0. The quantitative estimate of drug-likeness (QED) is 0.688. The number of sulfonamides is 1. The summed E-state index contributed by atoms with van der Waals surface area (Å²) in [6.07, 6.45) is 2.90. The minimum absolute atomic E-state index is 0.133. The van der Waals surface area contributed by atoms with Crippen LogP contribution in [0.25, 0.3) is 0 Å². The van der Waals surface area contributed by atoms with Crippen LogP contribution in [0.4, 0.5) is 0 Å². The first-order valence-electron chi connectivity index (χ1n) is 5.32. The van der Waals surface area contributed by atoms with Crippen molar-refractivity contribution in [1.82, 2.24) is 4.31 Å². The van der Waals surface area contributed by atoms with E-state index in [1.165, 1.54) is 4.31 Å². The van der Waals surface area contributed by atoms with Crippen LogP contribution in [0.15, 0.2) is 0 Å². The second kappa shape index (κ2) is 5.79. The third kappa shape index (κ3) is 3.71. The Morgan fingerprint density at radius 1 is 1.47 bits per heavy atom. The summed E-state index contributed by atoms with van der Waals surface area (Å²) >= 11 is 0. The predicted molar refractivity (Wildman–Crippen MR) is 58.8 cm³/mol. The first kappa shape index (κ1) is 12.9. The summed E-state index contributed by atoms with van der Waals surface area (Å²) in [5, 5.41) is 0. The molecule has 5 nitrogen and oxygen atoms in total. The average Bonchev–Trinajstić information content (AvgIpc) is 2.18. The number of ether oxygens (including phenoxy) is 1. The fourth-order valence-electron chi connectivity index (χ4n) is 1.78. The Morgan fingerprint density at radius 2 is 2.20 bits per heavy atom. The molecular formula is C9H20N2O3S. The first-order valence-corrected chi connectivity index (χ1v) is 6.93. The molecule has 1 atom stereocenters. The van der Waals surface area contributed by atoms with Crippen molar-refractivity contribution in [1.29, 1.82) is 0 Å². The van der Waals surface area contributed by atoms with Gasteiger partial charge in [0.15, 0.2) is 0 Å². The molecule has 1 aliphatic rings. The largest absolute Gasteiger partial charge is 0.385 e. The van der Waals surface area contributed by atoms with E-state index < -0.39 is 10.0 Å². The van der Waals surface area contributed by atoms with Crippen molar-refractivity contribution < 1.29 is 13.2 Å². The summed E-state index contributed by atoms with van der Waals surface area (Å²) < 4.78 is 30.0. The maximum absolute atomic E-state index is 11.9. The molecule has 6 heteroatoms. The fourth-order valence-corrected chi connectivity index (χ4v) is 3.42. The van der Waals surface area contributed by atoms with Gasteiger partial charge >= 0.3 is 0 Å². The first-order chi connectivity index (χ1) is 7.08. The molecular weight excluding hydrogens is 216 g/mol. The minimum Gasteiger partial charge on any atom is -0.385 e. The van der Waals surface area contributed by atoms with Gasteiger partial charge in [0.1, 0.15) is 0 Å². The molecule has 0 aromatic rings. The lowest BCUT2D eigenvalue weighted by atomic mass is 10.1. The molecule has 0 amide bonds. The summed E-state index contributed by atoms with van der Waals surface area (Å²) in [7, 11) is -1.61. The standard InChI is InChI=1S/C9H20N2O3S/c1-14-7-4-8-15(12,13)11-6-3-2-5-9(11)10/h9H,2-8,10H2,1H3. The van der Waals surface area contributed by atoms with Gasteiger partial charge in [-0.25, -0.2) is 8.42 Å². The van der Waals surface area contributed by atoms with E-state index in [4.69, 9.17) is 10.5 Å². The Balaban J connectivity index is 2.51. The average molecular weight is 236 g/mol. The van der Waals surface area contributed by atoms with Gasteiger partial charge in [0.05, 0.1) is 11.9 Å². The summed E-state index contributed by atoms with van der Waals surface area (Å²) in [6.45, 7) is 1.04. The molecule has 2 N–H and O–H groups in total. The van der Waals surface area contributed by atoms with Gasteiger partial charge in [-0.05, 0) is 25.7 Å². The molecule has 1 aliphatic heterocycles. The number of nitrogens with zero attached hydrogens (tertiary/aromatic N) is 1. The van der Waals surface area contributed by atoms with E-state index in [-0.39, 0.29) is 11.9 Å². The van der Waals surface area contributed by atoms with E-state index in [2.05, 4.69) is 0 Å². The van der Waals surface area contributed by atoms with E-state index in [0.717, 1.165) is 19.3 Å². The molecule has 1 fully saturated rings. The minimum atomic E-state index is -3.18. The van der Waals surface area contributed by atoms with Crippen LogP contribution >= 0.6 is 0 Å². The van der Waals surface area contributed by atoms with Crippen molar-refractivity contribution in [2.45, 2.75) is 31.8 Å². The normalized spacial score (nSPS) is 24.3. The monoisotopic (exact) mass is 236 g/mol. The van der Waals surface area contributed by atoms with E-state index in [1.54, 1.807) is 7.11 Å². The lowest BCUT2D eigenvalue weighted by molar-refractivity contribution is 0.198. The maximum atomic E-state index is 11.9. The fraction of sp³-hybridized carbons (Fsp3) is 1.00. The Kier molecular flexibility index (Phi) is 4.98. The van der Waals surface area contributed by atoms with Crippen LogP contribution < -0.4 is 5.73 Å². The highest BCUT2D eigenvalue weighted by Crippen LogP contribution is 2.17. The number of rotatable bonds is 5. The van der Waals surface area contributed by atoms with Gasteiger partial charge in [0.25, 0.3) is 0 Å². The number of hydrogen-bond donors (Lipinski definition) is 1. The molecule has 1 heterocycles. The van der Waals surface area contributed by atoms with Crippen molar-refractivity contribution in [2.75, 3.05) is 26.0 Å². The Hall–Kier alpha value is -0.170. The third-order valence-corrected chi connectivity index (χ3v) is 4.58. The van der Waals surface area contributed by atoms with E-state index in [9.17, 15) is 8.42 Å². The lowest BCUT2D eigenvalue weighted by Gasteiger charge is -2.31. The Bertz CT molecular complexity index is 279. The van der Waals surface area contributed by atoms with Crippen molar-refractivity contribution in [3.63, 3.8) is 0 Å². The molecule has 0 spiro atoms. The molecule has 0 saturated carbocycles. The number of hydrogen-bond acceptors (Lipinski definition) is 4. The van der Waals surface area contributed by atoms with Crippen LogP contribution in [0.1, 0.15) is 25.7 Å². The Morgan fingerprint density at radius 3 is 2.80 bits per heavy atom. The highest BCUT2D eigenvalue weighted by molar-refractivity contribution is 7.89. The van der Waals surface area contributed by atoms with Gasteiger partial charge in [-0.15, -0.1) is 0 Å². The summed E-state index contributed by atoms with van der Waals surface area (Å²) in [5.41, 5.74) is 5.78. The molecule has 1 saturated heterocycles. The highest BCUT2D eigenvalue weighted by Gasteiger charge is 2.29. The number of methoxy groups -OCH3 is 1. The molecule has 1 unspecified atom stereocenters. The van der Waals surface area contributed by atoms with Crippen LogP contribution in [0, 0.1) is 0 Å². The molecule has 0 aliphatic carbocycles. The van der Waals surface area contributed by atoms with Crippen LogP contribution in [0.5, 0.6) is 0 Å². The summed E-state index contributed by atoms with van der Waals surface area (Å²) in [6, 6.07) is 0. The van der Waals surface area contributed by atoms with Crippen molar-refractivity contribution in [2.24, 2.45) is 5.73 Å². The SMILES string of the molecule is COCCCS(=O)(=O)N1CCCCC1N. The number of piperidine rings is 1. The second-order valence-corrected chi connectivity index (χ2v) is 5.88. The molecule has 0 bridgehead atoms. The summed E-state index contributed by atoms with van der Waals surface area (Å²) in [5.74, 6) is 0.133. The zero-order valence-electron chi connectivity index (χ0n) is 9.18. The van der Waals surface area contributed by atoms with Gasteiger partial charge in [0.2, 0.25) is 10.0 Å². The third-order valence-electron chi connectivity index (χ3n) is 2.61. The molecule has 90 valence electrons. The molecule has 0 aromatic carbocycles. The van der Waals surface area contributed by atoms with Crippen LogP contribution in [0.2, 0.25) is 0 Å². The van der Waals surface area contributed by atoms with E-state index in [1.807, 2.05) is 0 Å². The molecule has 0 radical (unpaired) electrons. The van der Waals surface area contributed by atoms with Gasteiger partial charge < -0.3 is 10.5 Å². The van der Waals surface area contributed by atoms with Gasteiger partial charge in [0, 0.05) is 20.3 Å². The smallest absolute Gasteiger partial charge is 0.215 e. The number of nitrogens with two attached hydrogens (primary N) is 1. The van der Waals surface area contributed by atoms with E-state index >= 15 is 0 Å². The van der Waals surface area contributed by atoms with Gasteiger partial charge in [-0.3, -0.25) is 0 Å². The van der Waals surface area contributed by atoms with Gasteiger partial charge in [-0.1, -0.05) is 0 Å². The predicted octanol–water partition coefficient (Wildman–Crippen LogP) is 0.123. The van der Waals surface area contributed by atoms with Crippen molar-refractivity contribution in [3.8, 4) is 0 Å². The lowest BCUT2D eigenvalue weighted by Crippen LogP contribution is -2.49. The molecule has 15 heavy (non-hydrogen) atoms. The highest BCUT2D eigenvalue weighted by atomic mass is 32.2. The maximum Gasteiger partial charge on any atom is 0.215 e. The second-order valence-electron chi connectivity index (χ2n) is 3.84. The zero-order valence-corrected chi connectivity index (χ0v) is 10.0. The Labute approximate surface area is 91.6 Å². The van der Waals surface area contributed by atoms with Gasteiger partial charge in [-0.2, -0.15) is 4.31 Å². The van der Waals surface area contributed by atoms with Crippen LogP contribution in [-0.4, -0.2) is 44.9 Å². The van der Waals surface area contributed by atoms with Crippen molar-refractivity contribution >= 4 is 10.0 Å². The van der Waals surface area contributed by atoms with Crippen LogP contribution in [0.3, 0.4) is 0 Å². The van der Waals surface area contributed by atoms with E-state index in [0.29, 0.717) is 19.6 Å². The topological polar surface area (TPSA) is 72.6 Å². The molecule has 1 rings (SSSR count). The van der Waals surface area contributed by atoms with Crippen LogP contribution in [-0.2, 0) is 14.8 Å². The van der Waals surface area contributed by atoms with Crippen molar-refractivity contribution in [3.05, 3.63) is 0 Å².